The van der Waals surface area contributed by atoms with Crippen LogP contribution < -0.4 is 5.32 Å². The van der Waals surface area contributed by atoms with Gasteiger partial charge in [0.15, 0.2) is 0 Å². The van der Waals surface area contributed by atoms with Crippen molar-refractivity contribution in [1.29, 1.82) is 0 Å². The highest BCUT2D eigenvalue weighted by molar-refractivity contribution is 5.80. The summed E-state index contributed by atoms with van der Waals surface area (Å²) in [4.78, 5) is 56.5. The number of carbonyl (C=O) groups excluding carboxylic acids is 3. The van der Waals surface area contributed by atoms with E-state index in [1.165, 1.54) is 17.1 Å². The predicted octanol–water partition coefficient (Wildman–Crippen LogP) is 1.58. The van der Waals surface area contributed by atoms with Crippen molar-refractivity contribution >= 4 is 24.2 Å². The quantitative estimate of drug-likeness (QED) is 0.364. The average molecular weight is 562 g/mol. The molecule has 40 heavy (non-hydrogen) atoms. The van der Waals surface area contributed by atoms with E-state index in [9.17, 15) is 24.3 Å². The number of nitrogens with zero attached hydrogens (tertiary/aromatic N) is 4. The van der Waals surface area contributed by atoms with Crippen LogP contribution in [-0.4, -0.2) is 114 Å². The van der Waals surface area contributed by atoms with Crippen molar-refractivity contribution < 1.29 is 43.2 Å². The normalized spacial score (nSPS) is 15.8. The highest BCUT2D eigenvalue weighted by atomic mass is 16.6. The number of aliphatic carboxylic acids is 1. The van der Waals surface area contributed by atoms with Crippen LogP contribution in [0.15, 0.2) is 42.9 Å². The fourth-order valence-electron chi connectivity index (χ4n) is 3.97. The number of carbonyl (C=O) groups is 4. The number of methoxy groups -OCH3 is 1. The van der Waals surface area contributed by atoms with Gasteiger partial charge in [-0.15, -0.1) is 0 Å². The molecule has 14 heteroatoms. The second-order valence-electron chi connectivity index (χ2n) is 9.06. The maximum atomic E-state index is 13.0. The number of piperazine rings is 1. The third kappa shape index (κ3) is 9.24. The second-order valence-corrected chi connectivity index (χ2v) is 9.06. The summed E-state index contributed by atoms with van der Waals surface area (Å²) in [5, 5.41) is 11.9. The highest BCUT2D eigenvalue weighted by Crippen LogP contribution is 2.13. The third-order valence-corrected chi connectivity index (χ3v) is 6.09. The zero-order chi connectivity index (χ0) is 28.9. The fraction of sp³-hybridized carbons (Fsp3) is 0.500. The van der Waals surface area contributed by atoms with E-state index >= 15 is 0 Å². The van der Waals surface area contributed by atoms with Crippen LogP contribution in [0.3, 0.4) is 0 Å². The Hall–Kier alpha value is -4.17. The van der Waals surface area contributed by atoms with Gasteiger partial charge in [0, 0.05) is 45.4 Å². The first-order chi connectivity index (χ1) is 19.3. The Kier molecular flexibility index (Phi) is 11.7. The maximum Gasteiger partial charge on any atom is 0.410 e. The molecule has 1 aliphatic heterocycles. The summed E-state index contributed by atoms with van der Waals surface area (Å²) < 4.78 is 21.8. The molecular weight excluding hydrogens is 526 g/mol. The molecule has 3 rings (SSSR count). The number of ether oxygens (including phenoxy) is 4. The van der Waals surface area contributed by atoms with Gasteiger partial charge in [-0.05, 0) is 12.5 Å². The molecule has 1 fully saturated rings. The smallest absolute Gasteiger partial charge is 0.410 e. The number of aromatic nitrogens is 2. The minimum absolute atomic E-state index is 0.00511. The van der Waals surface area contributed by atoms with E-state index in [1.807, 2.05) is 13.0 Å². The van der Waals surface area contributed by atoms with Gasteiger partial charge in [-0.1, -0.05) is 30.3 Å². The third-order valence-electron chi connectivity index (χ3n) is 6.09. The number of carboxylic acids is 1. The van der Waals surface area contributed by atoms with Crippen LogP contribution in [0.25, 0.3) is 0 Å². The van der Waals surface area contributed by atoms with Gasteiger partial charge >= 0.3 is 24.2 Å². The number of alkyl carbamates (subject to hydrolysis) is 1. The van der Waals surface area contributed by atoms with E-state index in [0.717, 1.165) is 5.56 Å². The van der Waals surface area contributed by atoms with E-state index in [4.69, 9.17) is 18.9 Å². The highest BCUT2D eigenvalue weighted by Gasteiger charge is 2.31. The first-order valence-corrected chi connectivity index (χ1v) is 12.8. The van der Waals surface area contributed by atoms with Gasteiger partial charge in [0.1, 0.15) is 25.6 Å². The lowest BCUT2D eigenvalue weighted by Crippen LogP contribution is -2.56. The largest absolute Gasteiger partial charge is 0.480 e. The van der Waals surface area contributed by atoms with Gasteiger partial charge in [-0.3, -0.25) is 4.57 Å². The second kappa shape index (κ2) is 15.4. The summed E-state index contributed by atoms with van der Waals surface area (Å²) in [6.45, 7) is 3.90. The van der Waals surface area contributed by atoms with Gasteiger partial charge in [0.2, 0.25) is 0 Å². The van der Waals surface area contributed by atoms with Gasteiger partial charge in [-0.25, -0.2) is 24.2 Å². The van der Waals surface area contributed by atoms with Crippen LogP contribution >= 0.6 is 0 Å². The Bertz CT molecular complexity index is 1130. The van der Waals surface area contributed by atoms with E-state index < -0.39 is 24.2 Å². The Morgan fingerprint density at radius 2 is 1.82 bits per heavy atom. The van der Waals surface area contributed by atoms with Crippen molar-refractivity contribution in [3.05, 3.63) is 54.1 Å². The van der Waals surface area contributed by atoms with Gasteiger partial charge in [0.05, 0.1) is 25.5 Å². The molecule has 0 aliphatic carbocycles. The van der Waals surface area contributed by atoms with Crippen molar-refractivity contribution in [2.75, 3.05) is 53.2 Å². The molecular formula is C26H35N5O9. The Balaban J connectivity index is 1.46. The summed E-state index contributed by atoms with van der Waals surface area (Å²) >= 11 is 0. The average Bonchev–Trinajstić information content (AvgIpc) is 3.42. The fourth-order valence-corrected chi connectivity index (χ4v) is 3.97. The zero-order valence-corrected chi connectivity index (χ0v) is 22.6. The summed E-state index contributed by atoms with van der Waals surface area (Å²) in [7, 11) is 1.57. The van der Waals surface area contributed by atoms with Crippen molar-refractivity contribution in [2.45, 2.75) is 32.0 Å². The van der Waals surface area contributed by atoms with Crippen molar-refractivity contribution in [1.82, 2.24) is 24.7 Å². The van der Waals surface area contributed by atoms with Crippen LogP contribution in [0.2, 0.25) is 0 Å². The molecule has 1 aliphatic rings. The molecule has 3 amide bonds. The summed E-state index contributed by atoms with van der Waals surface area (Å²) in [5.41, 5.74) is 1.06. The van der Waals surface area contributed by atoms with Crippen LogP contribution in [0.4, 0.5) is 14.4 Å². The van der Waals surface area contributed by atoms with Crippen molar-refractivity contribution in [3.8, 4) is 0 Å². The molecule has 1 aromatic carbocycles. The molecule has 0 bridgehead atoms. The number of rotatable bonds is 12. The lowest BCUT2D eigenvalue weighted by Gasteiger charge is -2.38. The number of carboxylic acid groups (broad SMARTS) is 1. The van der Waals surface area contributed by atoms with Crippen molar-refractivity contribution in [2.24, 2.45) is 0 Å². The minimum Gasteiger partial charge on any atom is -0.480 e. The topological polar surface area (TPSA) is 162 Å². The molecule has 0 spiro atoms. The lowest BCUT2D eigenvalue weighted by molar-refractivity contribution is -0.139. The molecule has 1 aromatic heterocycles. The predicted molar refractivity (Wildman–Crippen MR) is 140 cm³/mol. The molecule has 0 radical (unpaired) electrons. The number of hydrogen-bond acceptors (Lipinski definition) is 9. The molecule has 2 aromatic rings. The summed E-state index contributed by atoms with van der Waals surface area (Å²) in [6.07, 6.45) is 1.20. The molecule has 2 atom stereocenters. The van der Waals surface area contributed by atoms with Gasteiger partial charge in [-0.2, -0.15) is 0 Å². The molecule has 1 saturated heterocycles. The Morgan fingerprint density at radius 1 is 1.07 bits per heavy atom. The standard InChI is InChI=1S/C26H35N5O9/c1-19-15-29(8-9-31(19)26(36)39-13-12-38-11-10-37-2)25(35)30-16-21(27-18-30)14-22(23(32)33)28-24(34)40-17-20-6-4-3-5-7-20/h3-7,16,18-19,22H,8-15,17H2,1-2H3,(H,28,34)(H,32,33). The monoisotopic (exact) mass is 561 g/mol. The Morgan fingerprint density at radius 3 is 2.52 bits per heavy atom. The van der Waals surface area contributed by atoms with Crippen LogP contribution in [-0.2, 0) is 36.8 Å². The summed E-state index contributed by atoms with van der Waals surface area (Å²) in [6, 6.07) is 7.02. The Labute approximate surface area is 231 Å². The molecule has 0 saturated carbocycles. The molecule has 2 unspecified atom stereocenters. The van der Waals surface area contributed by atoms with Crippen LogP contribution in [0.1, 0.15) is 18.2 Å². The van der Waals surface area contributed by atoms with E-state index in [2.05, 4.69) is 10.3 Å². The number of imidazole rings is 1. The van der Waals surface area contributed by atoms with Gasteiger partial charge in [0.25, 0.3) is 0 Å². The molecule has 2 heterocycles. The van der Waals surface area contributed by atoms with Crippen molar-refractivity contribution in [3.63, 3.8) is 0 Å². The molecule has 2 N–H and O–H groups in total. The van der Waals surface area contributed by atoms with Crippen LogP contribution in [0, 0.1) is 0 Å². The first kappa shape index (κ1) is 30.4. The molecule has 14 nitrogen and oxygen atoms in total. The number of hydrogen-bond donors (Lipinski definition) is 2. The number of benzene rings is 1. The molecule has 218 valence electrons. The van der Waals surface area contributed by atoms with E-state index in [1.54, 1.807) is 41.2 Å². The summed E-state index contributed by atoms with van der Waals surface area (Å²) in [5.74, 6) is -1.27. The first-order valence-electron chi connectivity index (χ1n) is 12.8. The lowest BCUT2D eigenvalue weighted by atomic mass is 10.2. The zero-order valence-electron chi connectivity index (χ0n) is 22.6. The minimum atomic E-state index is -1.30. The van der Waals surface area contributed by atoms with Gasteiger partial charge < -0.3 is 39.2 Å². The van der Waals surface area contributed by atoms with E-state index in [-0.39, 0.29) is 57.9 Å². The number of amides is 3. The number of nitrogens with one attached hydrogen (secondary N) is 1. The maximum absolute atomic E-state index is 13.0. The van der Waals surface area contributed by atoms with Crippen LogP contribution in [0.5, 0.6) is 0 Å². The SMILES string of the molecule is COCCOCCOC(=O)N1CCN(C(=O)n2cnc(CC(NC(=O)OCc3ccccc3)C(=O)O)c2)CC1C. The van der Waals surface area contributed by atoms with E-state index in [0.29, 0.717) is 18.9 Å².